The van der Waals surface area contributed by atoms with Crippen LogP contribution in [0, 0.1) is 0 Å². The van der Waals surface area contributed by atoms with Gasteiger partial charge >= 0.3 is 6.09 Å². The molecule has 0 spiro atoms. The number of hydrogen-bond acceptors (Lipinski definition) is 5. The molecule has 0 unspecified atom stereocenters. The van der Waals surface area contributed by atoms with Crippen molar-refractivity contribution in [2.75, 3.05) is 0 Å². The number of fused-ring (bicyclic) bond motifs is 1. The Morgan fingerprint density at radius 1 is 1.12 bits per heavy atom. The van der Waals surface area contributed by atoms with Crippen LogP contribution in [0.4, 0.5) is 4.79 Å². The Balaban J connectivity index is 1.67. The molecule has 1 aromatic carbocycles. The maximum atomic E-state index is 13.0. The third kappa shape index (κ3) is 3.44. The first kappa shape index (κ1) is 16.3. The van der Waals surface area contributed by atoms with Crippen LogP contribution in [0.1, 0.15) is 44.9 Å². The number of nitrogens with zero attached hydrogens (tertiary/aromatic N) is 3. The highest BCUT2D eigenvalue weighted by Crippen LogP contribution is 2.26. The maximum Gasteiger partial charge on any atom is 0.420 e. The largest absolute Gasteiger partial charge is 0.446 e. The Hall–Kier alpha value is -2.21. The van der Waals surface area contributed by atoms with Crippen LogP contribution in [0.3, 0.4) is 0 Å². The normalized spacial score (nSPS) is 16.5. The summed E-state index contributed by atoms with van der Waals surface area (Å²) in [5.74, 6) is 0.554. The number of rotatable bonds is 2. The molecule has 5 nitrogen and oxygen atoms in total. The monoisotopic (exact) mass is 355 g/mol. The van der Waals surface area contributed by atoms with Gasteiger partial charge in [-0.1, -0.05) is 31.4 Å². The van der Waals surface area contributed by atoms with E-state index >= 15 is 0 Å². The number of hydrogen-bond donors (Lipinski definition) is 0. The van der Waals surface area contributed by atoms with Crippen LogP contribution >= 0.6 is 11.3 Å². The van der Waals surface area contributed by atoms with E-state index in [0.717, 1.165) is 36.7 Å². The number of carbonyl (C=O) groups is 1. The Morgan fingerprint density at radius 2 is 1.88 bits per heavy atom. The number of ether oxygens (including phenoxy) is 1. The number of benzene rings is 1. The van der Waals surface area contributed by atoms with Gasteiger partial charge in [-0.15, -0.1) is 11.3 Å². The molecule has 1 aliphatic rings. The predicted molar refractivity (Wildman–Crippen MR) is 98.8 cm³/mol. The number of para-hydroxylation sites is 2. The van der Waals surface area contributed by atoms with Crippen molar-refractivity contribution in [3.8, 4) is 11.5 Å². The summed E-state index contributed by atoms with van der Waals surface area (Å²) in [5, 5.41) is 1.90. The van der Waals surface area contributed by atoms with Crippen LogP contribution in [0.15, 0.2) is 35.2 Å². The molecule has 0 bridgehead atoms. The highest BCUT2D eigenvalue weighted by atomic mass is 32.1. The van der Waals surface area contributed by atoms with Crippen LogP contribution in [-0.4, -0.2) is 26.7 Å². The molecular formula is C19H21N3O2S. The van der Waals surface area contributed by atoms with Gasteiger partial charge in [0.1, 0.15) is 11.8 Å². The van der Waals surface area contributed by atoms with E-state index in [1.165, 1.54) is 30.6 Å². The predicted octanol–water partition coefficient (Wildman–Crippen LogP) is 5.26. The van der Waals surface area contributed by atoms with E-state index in [9.17, 15) is 4.79 Å². The molecule has 3 aromatic rings. The average Bonchev–Trinajstić information content (AvgIpc) is 3.23. The average molecular weight is 355 g/mol. The lowest BCUT2D eigenvalue weighted by Crippen LogP contribution is -2.23. The highest BCUT2D eigenvalue weighted by molar-refractivity contribution is 7.07. The van der Waals surface area contributed by atoms with E-state index in [1.807, 2.05) is 29.6 Å². The summed E-state index contributed by atoms with van der Waals surface area (Å²) in [6.07, 6.45) is 7.55. The van der Waals surface area contributed by atoms with Gasteiger partial charge in [-0.05, 0) is 37.8 Å². The standard InChI is InChI=1S/C19H21N3O2S/c23-19(24-14-8-4-2-1-3-5-9-14)22-17-11-7-6-10-15(17)21-18(22)16-12-25-13-20-16/h6-7,10-14H,1-5,8-9H2. The first-order valence-electron chi connectivity index (χ1n) is 8.90. The summed E-state index contributed by atoms with van der Waals surface area (Å²) in [6, 6.07) is 7.64. The molecule has 1 saturated carbocycles. The molecule has 0 aliphatic heterocycles. The van der Waals surface area contributed by atoms with Crippen molar-refractivity contribution in [2.45, 2.75) is 51.0 Å². The summed E-state index contributed by atoms with van der Waals surface area (Å²) >= 11 is 1.49. The fraction of sp³-hybridized carbons (Fsp3) is 0.421. The molecule has 25 heavy (non-hydrogen) atoms. The van der Waals surface area contributed by atoms with Gasteiger partial charge in [0.25, 0.3) is 0 Å². The van der Waals surface area contributed by atoms with Gasteiger partial charge < -0.3 is 4.74 Å². The lowest BCUT2D eigenvalue weighted by atomic mass is 9.99. The van der Waals surface area contributed by atoms with E-state index in [0.29, 0.717) is 11.5 Å². The summed E-state index contributed by atoms with van der Waals surface area (Å²) in [5.41, 5.74) is 4.00. The van der Waals surface area contributed by atoms with E-state index in [2.05, 4.69) is 9.97 Å². The van der Waals surface area contributed by atoms with Crippen molar-refractivity contribution in [1.82, 2.24) is 14.5 Å². The second kappa shape index (κ2) is 7.35. The van der Waals surface area contributed by atoms with Gasteiger partial charge in [0.05, 0.1) is 16.5 Å². The summed E-state index contributed by atoms with van der Waals surface area (Å²) in [4.78, 5) is 21.9. The number of carbonyl (C=O) groups excluding carboxylic acids is 1. The summed E-state index contributed by atoms with van der Waals surface area (Å²) < 4.78 is 7.45. The molecule has 2 aromatic heterocycles. The SMILES string of the molecule is O=C(OC1CCCCCCC1)n1c(-c2cscn2)nc2ccccc21. The second-order valence-corrected chi connectivity index (χ2v) is 7.20. The number of aromatic nitrogens is 3. The molecule has 2 heterocycles. The van der Waals surface area contributed by atoms with E-state index in [-0.39, 0.29) is 12.2 Å². The van der Waals surface area contributed by atoms with Crippen molar-refractivity contribution in [3.05, 3.63) is 35.2 Å². The summed E-state index contributed by atoms with van der Waals surface area (Å²) in [6.45, 7) is 0. The minimum absolute atomic E-state index is 0.00255. The van der Waals surface area contributed by atoms with Crippen molar-refractivity contribution in [1.29, 1.82) is 0 Å². The van der Waals surface area contributed by atoms with Gasteiger partial charge in [-0.25, -0.2) is 19.3 Å². The van der Waals surface area contributed by atoms with Gasteiger partial charge in [0.15, 0.2) is 5.82 Å². The van der Waals surface area contributed by atoms with Crippen LogP contribution in [-0.2, 0) is 4.74 Å². The second-order valence-electron chi connectivity index (χ2n) is 6.48. The van der Waals surface area contributed by atoms with Gasteiger partial charge in [-0.3, -0.25) is 0 Å². The Kier molecular flexibility index (Phi) is 4.78. The molecule has 130 valence electrons. The Bertz CT molecular complexity index is 849. The third-order valence-corrected chi connectivity index (χ3v) is 5.31. The topological polar surface area (TPSA) is 57.0 Å². The molecule has 1 fully saturated rings. The Labute approximate surface area is 150 Å². The zero-order chi connectivity index (χ0) is 17.1. The zero-order valence-corrected chi connectivity index (χ0v) is 14.9. The first-order valence-corrected chi connectivity index (χ1v) is 9.84. The van der Waals surface area contributed by atoms with E-state index < -0.39 is 0 Å². The smallest absolute Gasteiger partial charge is 0.420 e. The Morgan fingerprint density at radius 3 is 2.64 bits per heavy atom. The van der Waals surface area contributed by atoms with Crippen LogP contribution in [0.2, 0.25) is 0 Å². The van der Waals surface area contributed by atoms with Crippen molar-refractivity contribution in [2.24, 2.45) is 0 Å². The number of imidazole rings is 1. The fourth-order valence-electron chi connectivity index (χ4n) is 3.44. The highest BCUT2D eigenvalue weighted by Gasteiger charge is 2.23. The first-order chi connectivity index (χ1) is 12.3. The molecule has 0 radical (unpaired) electrons. The summed E-state index contributed by atoms with van der Waals surface area (Å²) in [7, 11) is 0. The maximum absolute atomic E-state index is 13.0. The van der Waals surface area contributed by atoms with Crippen LogP contribution in [0.25, 0.3) is 22.6 Å². The quantitative estimate of drug-likeness (QED) is 0.629. The van der Waals surface area contributed by atoms with E-state index in [4.69, 9.17) is 4.74 Å². The molecule has 0 amide bonds. The van der Waals surface area contributed by atoms with Crippen molar-refractivity contribution < 1.29 is 9.53 Å². The zero-order valence-electron chi connectivity index (χ0n) is 14.1. The minimum atomic E-state index is -0.345. The lowest BCUT2D eigenvalue weighted by molar-refractivity contribution is 0.0838. The molecule has 6 heteroatoms. The van der Waals surface area contributed by atoms with Crippen molar-refractivity contribution in [3.63, 3.8) is 0 Å². The minimum Gasteiger partial charge on any atom is -0.446 e. The van der Waals surface area contributed by atoms with Crippen LogP contribution < -0.4 is 0 Å². The lowest BCUT2D eigenvalue weighted by Gasteiger charge is -2.20. The third-order valence-electron chi connectivity index (χ3n) is 4.72. The van der Waals surface area contributed by atoms with Gasteiger partial charge in [0, 0.05) is 5.38 Å². The molecule has 1 aliphatic carbocycles. The van der Waals surface area contributed by atoms with Crippen molar-refractivity contribution >= 4 is 28.5 Å². The molecule has 4 rings (SSSR count). The van der Waals surface area contributed by atoms with E-state index in [1.54, 1.807) is 10.1 Å². The van der Waals surface area contributed by atoms with Crippen LogP contribution in [0.5, 0.6) is 0 Å². The fourth-order valence-corrected chi connectivity index (χ4v) is 3.97. The van der Waals surface area contributed by atoms with Gasteiger partial charge in [0.2, 0.25) is 0 Å². The van der Waals surface area contributed by atoms with Gasteiger partial charge in [-0.2, -0.15) is 0 Å². The molecule has 0 atom stereocenters. The number of thiazole rings is 1. The molecule has 0 saturated heterocycles. The molecule has 0 N–H and O–H groups in total. The molecular weight excluding hydrogens is 334 g/mol.